The van der Waals surface area contributed by atoms with Gasteiger partial charge in [0.1, 0.15) is 0 Å². The lowest BCUT2D eigenvalue weighted by molar-refractivity contribution is -0.121. The normalized spacial score (nSPS) is 11.5. The highest BCUT2D eigenvalue weighted by Crippen LogP contribution is 2.13. The summed E-state index contributed by atoms with van der Waals surface area (Å²) in [6.07, 6.45) is 1.51. The maximum absolute atomic E-state index is 13.1. The number of nitrogens with zero attached hydrogens (tertiary/aromatic N) is 1. The van der Waals surface area contributed by atoms with Crippen LogP contribution in [0.5, 0.6) is 0 Å². The minimum atomic E-state index is -3.87. The van der Waals surface area contributed by atoms with Crippen LogP contribution in [-0.2, 0) is 32.6 Å². The third-order valence-electron chi connectivity index (χ3n) is 4.98. The Bertz CT molecular complexity index is 1230. The molecule has 0 heterocycles. The van der Waals surface area contributed by atoms with Gasteiger partial charge in [0, 0.05) is 18.5 Å². The van der Waals surface area contributed by atoms with Crippen LogP contribution >= 0.6 is 0 Å². The van der Waals surface area contributed by atoms with Crippen LogP contribution in [0.1, 0.15) is 27.0 Å². The van der Waals surface area contributed by atoms with Gasteiger partial charge >= 0.3 is 5.97 Å². The quantitative estimate of drug-likeness (QED) is 0.450. The Labute approximate surface area is 199 Å². The molecule has 0 saturated carbocycles. The van der Waals surface area contributed by atoms with Gasteiger partial charge < -0.3 is 10.1 Å². The first-order valence-electron chi connectivity index (χ1n) is 10.6. The van der Waals surface area contributed by atoms with Gasteiger partial charge in [0.05, 0.1) is 19.2 Å². The van der Waals surface area contributed by atoms with Crippen LogP contribution in [0.4, 0.5) is 0 Å². The summed E-state index contributed by atoms with van der Waals surface area (Å²) in [6.45, 7) is -0.0838. The summed E-state index contributed by atoms with van der Waals surface area (Å²) in [5.41, 5.74) is 2.68. The van der Waals surface area contributed by atoms with Gasteiger partial charge in [-0.05, 0) is 34.9 Å². The number of esters is 1. The van der Waals surface area contributed by atoms with E-state index >= 15 is 0 Å². The maximum atomic E-state index is 13.1. The van der Waals surface area contributed by atoms with Crippen molar-refractivity contribution in [2.75, 3.05) is 13.7 Å². The van der Waals surface area contributed by atoms with Crippen LogP contribution in [0.15, 0.2) is 90.3 Å². The van der Waals surface area contributed by atoms with Gasteiger partial charge in [0.15, 0.2) is 0 Å². The molecule has 1 amide bonds. The fraction of sp³-hybridized carbons (Fsp3) is 0.154. The van der Waals surface area contributed by atoms with Gasteiger partial charge in [0.25, 0.3) is 0 Å². The molecule has 0 aliphatic carbocycles. The number of ether oxygens (including phenoxy) is 1. The van der Waals surface area contributed by atoms with E-state index in [0.717, 1.165) is 26.4 Å². The molecule has 8 heteroatoms. The van der Waals surface area contributed by atoms with Gasteiger partial charge in [-0.1, -0.05) is 72.8 Å². The van der Waals surface area contributed by atoms with Gasteiger partial charge in [-0.15, -0.1) is 0 Å². The van der Waals surface area contributed by atoms with Gasteiger partial charge in [0.2, 0.25) is 15.9 Å². The van der Waals surface area contributed by atoms with Gasteiger partial charge in [-0.2, -0.15) is 4.31 Å². The number of hydrogen-bond donors (Lipinski definition) is 1. The minimum absolute atomic E-state index is 0.0591. The number of benzene rings is 3. The minimum Gasteiger partial charge on any atom is -0.465 e. The van der Waals surface area contributed by atoms with Crippen molar-refractivity contribution in [2.45, 2.75) is 13.1 Å². The number of carbonyl (C=O) groups is 2. The molecular weight excluding hydrogens is 452 g/mol. The zero-order valence-electron chi connectivity index (χ0n) is 18.8. The van der Waals surface area contributed by atoms with Crippen LogP contribution in [0.2, 0.25) is 0 Å². The number of sulfonamides is 1. The molecule has 0 aliphatic rings. The van der Waals surface area contributed by atoms with E-state index in [9.17, 15) is 18.0 Å². The monoisotopic (exact) mass is 478 g/mol. The summed E-state index contributed by atoms with van der Waals surface area (Å²) in [4.78, 5) is 24.2. The van der Waals surface area contributed by atoms with Gasteiger partial charge in [-0.3, -0.25) is 4.79 Å². The number of rotatable bonds is 10. The van der Waals surface area contributed by atoms with Crippen LogP contribution in [-0.4, -0.2) is 38.3 Å². The lowest BCUT2D eigenvalue weighted by atomic mass is 10.1. The average molecular weight is 479 g/mol. The summed E-state index contributed by atoms with van der Waals surface area (Å²) in [6, 6.07) is 24.8. The topological polar surface area (TPSA) is 92.8 Å². The number of nitrogens with one attached hydrogen (secondary N) is 1. The third kappa shape index (κ3) is 7.40. The Kier molecular flexibility index (Phi) is 8.73. The Morgan fingerprint density at radius 2 is 1.50 bits per heavy atom. The van der Waals surface area contributed by atoms with E-state index in [1.807, 2.05) is 48.5 Å². The Morgan fingerprint density at radius 1 is 0.882 bits per heavy atom. The smallest absolute Gasteiger partial charge is 0.337 e. The lowest BCUT2D eigenvalue weighted by Gasteiger charge is -2.20. The number of carbonyl (C=O) groups excluding carboxylic acids is 2. The molecule has 0 spiro atoms. The molecule has 0 radical (unpaired) electrons. The van der Waals surface area contributed by atoms with Crippen molar-refractivity contribution in [1.82, 2.24) is 9.62 Å². The molecule has 0 bridgehead atoms. The second-order valence-corrected chi connectivity index (χ2v) is 9.30. The maximum Gasteiger partial charge on any atom is 0.337 e. The Morgan fingerprint density at radius 3 is 2.12 bits per heavy atom. The van der Waals surface area contributed by atoms with Crippen LogP contribution in [0, 0.1) is 0 Å². The zero-order valence-corrected chi connectivity index (χ0v) is 19.6. The Balaban J connectivity index is 1.69. The summed E-state index contributed by atoms with van der Waals surface area (Å²) in [5.74, 6) is -0.884. The molecule has 3 aromatic carbocycles. The first-order valence-corrected chi connectivity index (χ1v) is 12.1. The van der Waals surface area contributed by atoms with E-state index in [-0.39, 0.29) is 19.6 Å². The second kappa shape index (κ2) is 11.9. The fourth-order valence-corrected chi connectivity index (χ4v) is 4.26. The molecular formula is C26H26N2O5S. The number of amides is 1. The van der Waals surface area contributed by atoms with E-state index in [0.29, 0.717) is 5.56 Å². The molecule has 0 unspecified atom stereocenters. The zero-order chi connectivity index (χ0) is 24.4. The van der Waals surface area contributed by atoms with Crippen molar-refractivity contribution in [1.29, 1.82) is 0 Å². The van der Waals surface area contributed by atoms with Crippen molar-refractivity contribution in [3.63, 3.8) is 0 Å². The molecule has 3 rings (SSSR count). The molecule has 0 aliphatic heterocycles. The van der Waals surface area contributed by atoms with E-state index in [1.54, 1.807) is 36.4 Å². The predicted molar refractivity (Wildman–Crippen MR) is 131 cm³/mol. The summed E-state index contributed by atoms with van der Waals surface area (Å²) < 4.78 is 31.9. The summed E-state index contributed by atoms with van der Waals surface area (Å²) >= 11 is 0. The van der Waals surface area contributed by atoms with Crippen molar-refractivity contribution in [2.24, 2.45) is 0 Å². The summed E-state index contributed by atoms with van der Waals surface area (Å²) in [5, 5.41) is 3.85. The molecule has 0 fully saturated rings. The number of hydrogen-bond acceptors (Lipinski definition) is 5. The Hall–Kier alpha value is -3.75. The van der Waals surface area contributed by atoms with E-state index in [2.05, 4.69) is 10.1 Å². The molecule has 7 nitrogen and oxygen atoms in total. The largest absolute Gasteiger partial charge is 0.465 e. The van der Waals surface area contributed by atoms with Crippen LogP contribution in [0.3, 0.4) is 0 Å². The SMILES string of the molecule is COC(=O)c1ccc(CNC(=O)CN(Cc2ccccc2)S(=O)(=O)/C=C/c2ccccc2)cc1. The first-order chi connectivity index (χ1) is 16.4. The van der Waals surface area contributed by atoms with E-state index in [4.69, 9.17) is 0 Å². The van der Waals surface area contributed by atoms with Crippen molar-refractivity contribution in [3.05, 3.63) is 113 Å². The van der Waals surface area contributed by atoms with E-state index in [1.165, 1.54) is 13.2 Å². The molecule has 176 valence electrons. The molecule has 0 aromatic heterocycles. The highest BCUT2D eigenvalue weighted by Gasteiger charge is 2.22. The molecule has 0 saturated heterocycles. The molecule has 34 heavy (non-hydrogen) atoms. The van der Waals surface area contributed by atoms with Gasteiger partial charge in [-0.25, -0.2) is 13.2 Å². The molecule has 3 aromatic rings. The second-order valence-electron chi connectivity index (χ2n) is 7.48. The highest BCUT2D eigenvalue weighted by atomic mass is 32.2. The van der Waals surface area contributed by atoms with Crippen molar-refractivity contribution >= 4 is 28.0 Å². The fourth-order valence-electron chi connectivity index (χ4n) is 3.13. The summed E-state index contributed by atoms with van der Waals surface area (Å²) in [7, 11) is -2.57. The molecule has 0 atom stereocenters. The van der Waals surface area contributed by atoms with Crippen LogP contribution in [0.25, 0.3) is 6.08 Å². The standard InChI is InChI=1S/C26H26N2O5S/c1-33-26(30)24-14-12-22(13-15-24)18-27-25(29)20-28(19-23-10-6-3-7-11-23)34(31,32)17-16-21-8-4-2-5-9-21/h2-17H,18-20H2,1H3,(H,27,29)/b17-16+. The average Bonchev–Trinajstić information content (AvgIpc) is 2.87. The van der Waals surface area contributed by atoms with Crippen LogP contribution < -0.4 is 5.32 Å². The highest BCUT2D eigenvalue weighted by molar-refractivity contribution is 7.92. The van der Waals surface area contributed by atoms with E-state index < -0.39 is 21.9 Å². The lowest BCUT2D eigenvalue weighted by Crippen LogP contribution is -2.39. The number of methoxy groups -OCH3 is 1. The molecule has 1 N–H and O–H groups in total. The predicted octanol–water partition coefficient (Wildman–Crippen LogP) is 3.59. The van der Waals surface area contributed by atoms with Crippen molar-refractivity contribution in [3.8, 4) is 0 Å². The van der Waals surface area contributed by atoms with Crippen molar-refractivity contribution < 1.29 is 22.7 Å². The third-order valence-corrected chi connectivity index (χ3v) is 6.44. The first kappa shape index (κ1) is 24.9.